The van der Waals surface area contributed by atoms with Gasteiger partial charge in [0.2, 0.25) is 5.95 Å². The molecule has 31 heavy (non-hydrogen) atoms. The van der Waals surface area contributed by atoms with Crippen LogP contribution in [0.2, 0.25) is 0 Å². The first-order chi connectivity index (χ1) is 15.0. The van der Waals surface area contributed by atoms with E-state index < -0.39 is 12.1 Å². The summed E-state index contributed by atoms with van der Waals surface area (Å²) in [6.07, 6.45) is 4.43. The van der Waals surface area contributed by atoms with Gasteiger partial charge in [-0.3, -0.25) is 4.79 Å². The van der Waals surface area contributed by atoms with E-state index >= 15 is 0 Å². The van der Waals surface area contributed by atoms with Crippen LogP contribution in [0.15, 0.2) is 35.6 Å². The fourth-order valence-electron chi connectivity index (χ4n) is 3.63. The lowest BCUT2D eigenvalue weighted by molar-refractivity contribution is 0.0713. The van der Waals surface area contributed by atoms with Gasteiger partial charge in [0.05, 0.1) is 42.5 Å². The number of hydrogen-bond donors (Lipinski definition) is 1. The van der Waals surface area contributed by atoms with E-state index in [1.807, 2.05) is 17.9 Å². The summed E-state index contributed by atoms with van der Waals surface area (Å²) in [4.78, 5) is 27.1. The highest BCUT2D eigenvalue weighted by Crippen LogP contribution is 2.28. The number of anilines is 3. The molecule has 12 heteroatoms. The minimum Gasteiger partial charge on any atom is -0.378 e. The monoisotopic (exact) mass is 428 g/mol. The van der Waals surface area contributed by atoms with Gasteiger partial charge in [-0.05, 0) is 18.6 Å². The van der Waals surface area contributed by atoms with Crippen LogP contribution in [-0.2, 0) is 4.74 Å². The third kappa shape index (κ3) is 3.44. The number of aryl methyl sites for hydroxylation is 1. The molecule has 0 unspecified atom stereocenters. The SMILES string of the molecule is Cc1cc2ncnn2cc1Nc1ncc2c(n1)c(N1CCOCC1)cc(=O)n2C(F)F. The molecule has 4 aromatic rings. The Kier molecular flexibility index (Phi) is 4.70. The van der Waals surface area contributed by atoms with Crippen LogP contribution in [0.5, 0.6) is 0 Å². The molecular formula is C19H18F2N8O2. The molecule has 0 aliphatic carbocycles. The minimum absolute atomic E-state index is 0.0296. The molecule has 0 saturated carbocycles. The van der Waals surface area contributed by atoms with Gasteiger partial charge in [0.1, 0.15) is 11.8 Å². The van der Waals surface area contributed by atoms with Crippen LogP contribution in [0.25, 0.3) is 16.7 Å². The Labute approximate surface area is 174 Å². The van der Waals surface area contributed by atoms with E-state index in [2.05, 4.69) is 25.4 Å². The Balaban J connectivity index is 1.63. The van der Waals surface area contributed by atoms with Crippen LogP contribution < -0.4 is 15.8 Å². The molecule has 0 atom stereocenters. The third-order valence-electron chi connectivity index (χ3n) is 5.19. The summed E-state index contributed by atoms with van der Waals surface area (Å²) in [6, 6.07) is 3.05. The largest absolute Gasteiger partial charge is 0.378 e. The van der Waals surface area contributed by atoms with Gasteiger partial charge in [-0.1, -0.05) is 0 Å². The number of halogens is 2. The number of alkyl halides is 2. The highest BCUT2D eigenvalue weighted by molar-refractivity contribution is 5.89. The zero-order chi connectivity index (χ0) is 21.5. The maximum atomic E-state index is 13.6. The molecule has 0 amide bonds. The fraction of sp³-hybridized carbons (Fsp3) is 0.316. The van der Waals surface area contributed by atoms with Crippen molar-refractivity contribution in [3.05, 3.63) is 46.8 Å². The molecule has 0 radical (unpaired) electrons. The van der Waals surface area contributed by atoms with Gasteiger partial charge >= 0.3 is 6.55 Å². The van der Waals surface area contributed by atoms with Crippen molar-refractivity contribution < 1.29 is 13.5 Å². The molecule has 5 heterocycles. The summed E-state index contributed by atoms with van der Waals surface area (Å²) in [5.41, 5.74) is 2.17. The highest BCUT2D eigenvalue weighted by atomic mass is 19.3. The summed E-state index contributed by atoms with van der Waals surface area (Å²) >= 11 is 0. The number of fused-ring (bicyclic) bond motifs is 2. The summed E-state index contributed by atoms with van der Waals surface area (Å²) in [5.74, 6) is 0.212. The Hall–Kier alpha value is -3.67. The Morgan fingerprint density at radius 1 is 1.19 bits per heavy atom. The van der Waals surface area contributed by atoms with Gasteiger partial charge in [-0.25, -0.2) is 24.0 Å². The number of rotatable bonds is 4. The Morgan fingerprint density at radius 2 is 2.00 bits per heavy atom. The predicted octanol–water partition coefficient (Wildman–Crippen LogP) is 2.12. The van der Waals surface area contributed by atoms with Crippen molar-refractivity contribution in [2.75, 3.05) is 36.5 Å². The van der Waals surface area contributed by atoms with E-state index in [1.54, 1.807) is 10.7 Å². The lowest BCUT2D eigenvalue weighted by Gasteiger charge is -2.29. The average molecular weight is 428 g/mol. The molecule has 160 valence electrons. The van der Waals surface area contributed by atoms with Crippen molar-refractivity contribution in [3.8, 4) is 0 Å². The van der Waals surface area contributed by atoms with E-state index in [9.17, 15) is 13.6 Å². The minimum atomic E-state index is -3.01. The maximum absolute atomic E-state index is 13.6. The standard InChI is InChI=1S/C19H18F2N8O2/c1-11-6-15-23-10-24-28(15)9-12(11)25-19-22-8-14-17(26-19)13(27-2-4-31-5-3-27)7-16(30)29(14)18(20)21/h6-10,18H,2-5H2,1H3,(H,22,25,26). The summed E-state index contributed by atoms with van der Waals surface area (Å²) in [5, 5.41) is 7.22. The van der Waals surface area contributed by atoms with Crippen molar-refractivity contribution in [2.45, 2.75) is 13.5 Å². The van der Waals surface area contributed by atoms with E-state index in [0.29, 0.717) is 47.9 Å². The highest BCUT2D eigenvalue weighted by Gasteiger charge is 2.22. The Bertz CT molecular complexity index is 1330. The van der Waals surface area contributed by atoms with Crippen LogP contribution in [0.3, 0.4) is 0 Å². The van der Waals surface area contributed by atoms with Gasteiger partial charge in [0, 0.05) is 19.2 Å². The number of hydrogen-bond acceptors (Lipinski definition) is 8. The molecular weight excluding hydrogens is 410 g/mol. The number of nitrogens with one attached hydrogen (secondary N) is 1. The molecule has 5 rings (SSSR count). The van der Waals surface area contributed by atoms with Crippen molar-refractivity contribution in [1.29, 1.82) is 0 Å². The van der Waals surface area contributed by atoms with Crippen molar-refractivity contribution in [2.24, 2.45) is 0 Å². The third-order valence-corrected chi connectivity index (χ3v) is 5.19. The van der Waals surface area contributed by atoms with Crippen molar-refractivity contribution in [1.82, 2.24) is 29.1 Å². The first-order valence-electron chi connectivity index (χ1n) is 9.61. The Morgan fingerprint density at radius 3 is 2.77 bits per heavy atom. The molecule has 1 aliphatic rings. The van der Waals surface area contributed by atoms with E-state index in [0.717, 1.165) is 5.56 Å². The predicted molar refractivity (Wildman–Crippen MR) is 109 cm³/mol. The van der Waals surface area contributed by atoms with Crippen molar-refractivity contribution >= 4 is 34.0 Å². The zero-order valence-electron chi connectivity index (χ0n) is 16.5. The van der Waals surface area contributed by atoms with E-state index in [-0.39, 0.29) is 17.0 Å². The molecule has 4 aromatic heterocycles. The van der Waals surface area contributed by atoms with Gasteiger partial charge < -0.3 is 15.0 Å². The lowest BCUT2D eigenvalue weighted by Crippen LogP contribution is -2.37. The van der Waals surface area contributed by atoms with Gasteiger partial charge in [0.15, 0.2) is 5.65 Å². The van der Waals surface area contributed by atoms with Gasteiger partial charge in [-0.15, -0.1) is 0 Å². The number of ether oxygens (including phenoxy) is 1. The van der Waals surface area contributed by atoms with Gasteiger partial charge in [-0.2, -0.15) is 13.9 Å². The molecule has 1 saturated heterocycles. The number of pyridine rings is 2. The average Bonchev–Trinajstić information content (AvgIpc) is 3.21. The van der Waals surface area contributed by atoms with Crippen molar-refractivity contribution in [3.63, 3.8) is 0 Å². The molecule has 0 spiro atoms. The first-order valence-corrected chi connectivity index (χ1v) is 9.61. The topological polar surface area (TPSA) is 102 Å². The van der Waals surface area contributed by atoms with Crippen LogP contribution in [0.4, 0.5) is 26.1 Å². The summed E-state index contributed by atoms with van der Waals surface area (Å²) in [6.45, 7) is 0.906. The normalized spacial score (nSPS) is 14.6. The number of aromatic nitrogens is 6. The lowest BCUT2D eigenvalue weighted by atomic mass is 10.2. The molecule has 1 fully saturated rings. The van der Waals surface area contributed by atoms with Crippen LogP contribution in [-0.4, -0.2) is 55.4 Å². The number of morpholine rings is 1. The molecule has 0 aromatic carbocycles. The fourth-order valence-corrected chi connectivity index (χ4v) is 3.63. The van der Waals surface area contributed by atoms with Crippen LogP contribution in [0.1, 0.15) is 12.1 Å². The second kappa shape index (κ2) is 7.54. The zero-order valence-corrected chi connectivity index (χ0v) is 16.5. The van der Waals surface area contributed by atoms with E-state index in [4.69, 9.17) is 4.74 Å². The molecule has 0 bridgehead atoms. The molecule has 10 nitrogen and oxygen atoms in total. The molecule has 1 aliphatic heterocycles. The molecule has 1 N–H and O–H groups in total. The first kappa shape index (κ1) is 19.3. The smallest absolute Gasteiger partial charge is 0.321 e. The van der Waals surface area contributed by atoms with E-state index in [1.165, 1.54) is 18.6 Å². The van der Waals surface area contributed by atoms with Crippen LogP contribution >= 0.6 is 0 Å². The summed E-state index contributed by atoms with van der Waals surface area (Å²) < 4.78 is 34.6. The summed E-state index contributed by atoms with van der Waals surface area (Å²) in [7, 11) is 0. The second-order valence-electron chi connectivity index (χ2n) is 7.10. The second-order valence-corrected chi connectivity index (χ2v) is 7.10. The number of nitrogens with zero attached hydrogens (tertiary/aromatic N) is 7. The van der Waals surface area contributed by atoms with Gasteiger partial charge in [0.25, 0.3) is 5.56 Å². The quantitative estimate of drug-likeness (QED) is 0.527. The maximum Gasteiger partial charge on any atom is 0.321 e. The van der Waals surface area contributed by atoms with Crippen LogP contribution in [0, 0.1) is 6.92 Å².